The minimum Gasteiger partial charge on any atom is -0.390 e. The van der Waals surface area contributed by atoms with Crippen molar-refractivity contribution in [3.63, 3.8) is 0 Å². The summed E-state index contributed by atoms with van der Waals surface area (Å²) in [5, 5.41) is 19.8. The summed E-state index contributed by atoms with van der Waals surface area (Å²) in [6, 6.07) is 2.48. The Kier molecular flexibility index (Phi) is 2.39. The van der Waals surface area contributed by atoms with Crippen LogP contribution in [0.1, 0.15) is 45.4 Å². The van der Waals surface area contributed by atoms with Crippen LogP contribution < -0.4 is 0 Å². The first-order valence-corrected chi connectivity index (χ1v) is 5.80. The highest BCUT2D eigenvalue weighted by Gasteiger charge is 2.52. The molecule has 0 heterocycles. The third-order valence-electron chi connectivity index (χ3n) is 4.30. The van der Waals surface area contributed by atoms with Crippen LogP contribution in [0.3, 0.4) is 0 Å². The SMILES string of the molecule is C=C1CC[C@H]2[C@](C#N)(CCC[C@@]2(C)O)C1. The van der Waals surface area contributed by atoms with E-state index in [1.54, 1.807) is 0 Å². The Hall–Kier alpha value is -0.810. The molecule has 0 radical (unpaired) electrons. The van der Waals surface area contributed by atoms with E-state index in [0.717, 1.165) is 38.5 Å². The molecule has 0 bridgehead atoms. The first-order chi connectivity index (χ1) is 7.00. The van der Waals surface area contributed by atoms with E-state index in [1.165, 1.54) is 5.57 Å². The van der Waals surface area contributed by atoms with Gasteiger partial charge in [-0.3, -0.25) is 0 Å². The molecule has 0 amide bonds. The lowest BCUT2D eigenvalue weighted by molar-refractivity contribution is -0.0914. The van der Waals surface area contributed by atoms with Gasteiger partial charge in [0.05, 0.1) is 17.1 Å². The highest BCUT2D eigenvalue weighted by Crippen LogP contribution is 2.54. The van der Waals surface area contributed by atoms with Crippen LogP contribution >= 0.6 is 0 Å². The number of nitriles is 1. The average molecular weight is 205 g/mol. The summed E-state index contributed by atoms with van der Waals surface area (Å²) in [5.41, 5.74) is 0.219. The van der Waals surface area contributed by atoms with Gasteiger partial charge in [0.25, 0.3) is 0 Å². The molecule has 3 atom stereocenters. The largest absolute Gasteiger partial charge is 0.390 e. The highest BCUT2D eigenvalue weighted by molar-refractivity contribution is 5.19. The number of allylic oxidation sites excluding steroid dienone is 1. The zero-order valence-corrected chi connectivity index (χ0v) is 9.42. The fourth-order valence-electron chi connectivity index (χ4n) is 3.56. The van der Waals surface area contributed by atoms with Gasteiger partial charge in [-0.05, 0) is 45.4 Å². The van der Waals surface area contributed by atoms with Crippen molar-refractivity contribution in [2.24, 2.45) is 11.3 Å². The number of hydrogen-bond donors (Lipinski definition) is 1. The molecule has 2 aliphatic carbocycles. The predicted octanol–water partition coefficient (Wildman–Crippen LogP) is 2.79. The van der Waals surface area contributed by atoms with Crippen molar-refractivity contribution in [3.05, 3.63) is 12.2 Å². The topological polar surface area (TPSA) is 44.0 Å². The highest BCUT2D eigenvalue weighted by atomic mass is 16.3. The molecule has 15 heavy (non-hydrogen) atoms. The van der Waals surface area contributed by atoms with E-state index in [2.05, 4.69) is 12.6 Å². The zero-order chi connectivity index (χ0) is 11.1. The summed E-state index contributed by atoms with van der Waals surface area (Å²) in [4.78, 5) is 0. The third kappa shape index (κ3) is 1.59. The Morgan fingerprint density at radius 1 is 1.53 bits per heavy atom. The maximum Gasteiger partial charge on any atom is 0.0697 e. The molecule has 2 heteroatoms. The molecule has 0 aromatic heterocycles. The number of nitrogens with zero attached hydrogens (tertiary/aromatic N) is 1. The Bertz CT molecular complexity index is 326. The molecule has 2 nitrogen and oxygen atoms in total. The van der Waals surface area contributed by atoms with Crippen LogP contribution in [0.4, 0.5) is 0 Å². The minimum absolute atomic E-state index is 0.147. The minimum atomic E-state index is -0.644. The summed E-state index contributed by atoms with van der Waals surface area (Å²) >= 11 is 0. The van der Waals surface area contributed by atoms with E-state index >= 15 is 0 Å². The molecule has 0 aromatic rings. The van der Waals surface area contributed by atoms with Gasteiger partial charge < -0.3 is 5.11 Å². The molecule has 0 unspecified atom stereocenters. The van der Waals surface area contributed by atoms with Crippen molar-refractivity contribution < 1.29 is 5.11 Å². The van der Waals surface area contributed by atoms with Crippen LogP contribution in [0.5, 0.6) is 0 Å². The first kappa shape index (κ1) is 10.7. The lowest BCUT2D eigenvalue weighted by Gasteiger charge is -2.50. The van der Waals surface area contributed by atoms with Crippen molar-refractivity contribution in [2.45, 2.75) is 51.0 Å². The second kappa shape index (κ2) is 3.35. The van der Waals surface area contributed by atoms with E-state index in [9.17, 15) is 10.4 Å². The van der Waals surface area contributed by atoms with Crippen molar-refractivity contribution in [1.29, 1.82) is 5.26 Å². The van der Waals surface area contributed by atoms with E-state index in [4.69, 9.17) is 0 Å². The monoisotopic (exact) mass is 205 g/mol. The summed E-state index contributed by atoms with van der Waals surface area (Å²) in [6.07, 6.45) is 5.44. The lowest BCUT2D eigenvalue weighted by atomic mass is 9.54. The van der Waals surface area contributed by atoms with Crippen LogP contribution in [-0.4, -0.2) is 10.7 Å². The fourth-order valence-corrected chi connectivity index (χ4v) is 3.56. The molecule has 0 spiro atoms. The molecular formula is C13H19NO. The van der Waals surface area contributed by atoms with E-state index in [-0.39, 0.29) is 11.3 Å². The van der Waals surface area contributed by atoms with Gasteiger partial charge in [-0.25, -0.2) is 0 Å². The van der Waals surface area contributed by atoms with Gasteiger partial charge in [0.1, 0.15) is 0 Å². The Morgan fingerprint density at radius 3 is 2.93 bits per heavy atom. The molecule has 0 aromatic carbocycles. The molecule has 0 saturated heterocycles. The Balaban J connectivity index is 2.35. The molecule has 82 valence electrons. The normalized spacial score (nSPS) is 45.7. The number of aliphatic hydroxyl groups is 1. The van der Waals surface area contributed by atoms with Crippen molar-refractivity contribution in [3.8, 4) is 6.07 Å². The number of rotatable bonds is 0. The second-order valence-corrected chi connectivity index (χ2v) is 5.50. The third-order valence-corrected chi connectivity index (χ3v) is 4.30. The standard InChI is InChI=1S/C13H19NO/c1-10-4-5-11-12(2,15)6-3-7-13(11,8-10)9-14/h11,15H,1,3-8H2,2H3/t11-,12-,13-/m1/s1. The average Bonchev–Trinajstić information content (AvgIpc) is 2.16. The quantitative estimate of drug-likeness (QED) is 0.618. The van der Waals surface area contributed by atoms with Gasteiger partial charge >= 0.3 is 0 Å². The molecule has 2 rings (SSSR count). The smallest absolute Gasteiger partial charge is 0.0697 e. The molecule has 2 aliphatic rings. The van der Waals surface area contributed by atoms with E-state index in [0.29, 0.717) is 0 Å². The Morgan fingerprint density at radius 2 is 2.27 bits per heavy atom. The van der Waals surface area contributed by atoms with Gasteiger partial charge in [-0.15, -0.1) is 0 Å². The van der Waals surface area contributed by atoms with Crippen LogP contribution in [0.2, 0.25) is 0 Å². The van der Waals surface area contributed by atoms with Crippen LogP contribution in [0.25, 0.3) is 0 Å². The number of hydrogen-bond acceptors (Lipinski definition) is 2. The van der Waals surface area contributed by atoms with Gasteiger partial charge in [-0.2, -0.15) is 5.26 Å². The summed E-state index contributed by atoms with van der Waals surface area (Å²) in [5.74, 6) is 0.147. The lowest BCUT2D eigenvalue weighted by Crippen LogP contribution is -2.50. The summed E-state index contributed by atoms with van der Waals surface area (Å²) < 4.78 is 0. The Labute approximate surface area is 91.6 Å². The fraction of sp³-hybridized carbons (Fsp3) is 0.769. The predicted molar refractivity (Wildman–Crippen MR) is 59.0 cm³/mol. The van der Waals surface area contributed by atoms with Crippen LogP contribution in [0, 0.1) is 22.7 Å². The first-order valence-electron chi connectivity index (χ1n) is 5.80. The zero-order valence-electron chi connectivity index (χ0n) is 9.42. The van der Waals surface area contributed by atoms with Gasteiger partial charge in [0.15, 0.2) is 0 Å². The molecule has 1 N–H and O–H groups in total. The van der Waals surface area contributed by atoms with Gasteiger partial charge in [-0.1, -0.05) is 12.2 Å². The molecular weight excluding hydrogens is 186 g/mol. The maximum atomic E-state index is 10.4. The van der Waals surface area contributed by atoms with E-state index in [1.807, 2.05) is 6.92 Å². The van der Waals surface area contributed by atoms with Crippen molar-refractivity contribution in [1.82, 2.24) is 0 Å². The van der Waals surface area contributed by atoms with Crippen LogP contribution in [0.15, 0.2) is 12.2 Å². The van der Waals surface area contributed by atoms with Crippen molar-refractivity contribution >= 4 is 0 Å². The second-order valence-electron chi connectivity index (χ2n) is 5.50. The molecule has 2 fully saturated rings. The summed E-state index contributed by atoms with van der Waals surface area (Å²) in [6.45, 7) is 5.91. The van der Waals surface area contributed by atoms with Crippen LogP contribution in [-0.2, 0) is 0 Å². The maximum absolute atomic E-state index is 10.4. The number of fused-ring (bicyclic) bond motifs is 1. The van der Waals surface area contributed by atoms with Gasteiger partial charge in [0, 0.05) is 5.92 Å². The molecule has 0 aliphatic heterocycles. The van der Waals surface area contributed by atoms with E-state index < -0.39 is 5.60 Å². The molecule has 2 saturated carbocycles. The van der Waals surface area contributed by atoms with Crippen molar-refractivity contribution in [2.75, 3.05) is 0 Å². The summed E-state index contributed by atoms with van der Waals surface area (Å²) in [7, 11) is 0. The van der Waals surface area contributed by atoms with Gasteiger partial charge in [0.2, 0.25) is 0 Å².